The maximum Gasteiger partial charge on any atom is 0.490 e. The molecule has 33 heavy (non-hydrogen) atoms. The van der Waals surface area contributed by atoms with Crippen molar-refractivity contribution in [1.82, 2.24) is 14.8 Å². The second-order valence-corrected chi connectivity index (χ2v) is 9.03. The van der Waals surface area contributed by atoms with Crippen LogP contribution >= 0.6 is 0 Å². The van der Waals surface area contributed by atoms with Crippen molar-refractivity contribution in [1.29, 1.82) is 0 Å². The molecule has 182 valence electrons. The number of carboxylic acids is 1. The summed E-state index contributed by atoms with van der Waals surface area (Å²) in [6, 6.07) is 8.46. The number of halogens is 3. The molecule has 2 saturated heterocycles. The van der Waals surface area contributed by atoms with E-state index in [4.69, 9.17) is 14.6 Å². The number of aromatic amines is 1. The number of carbonyl (C=O) groups excluding carboxylic acids is 1. The van der Waals surface area contributed by atoms with Gasteiger partial charge in [0, 0.05) is 60.3 Å². The Kier molecular flexibility index (Phi) is 7.69. The molecule has 4 rings (SSSR count). The smallest absolute Gasteiger partial charge is 0.475 e. The van der Waals surface area contributed by atoms with Gasteiger partial charge in [0.05, 0.1) is 13.2 Å². The Morgan fingerprint density at radius 3 is 2.58 bits per heavy atom. The molecule has 1 amide bonds. The van der Waals surface area contributed by atoms with Crippen molar-refractivity contribution < 1.29 is 32.6 Å². The Balaban J connectivity index is 0.000000383. The van der Waals surface area contributed by atoms with Crippen LogP contribution in [0, 0.1) is 5.41 Å². The molecule has 2 aromatic rings. The third kappa shape index (κ3) is 6.26. The number of ether oxygens (including phenoxy) is 1. The molecule has 2 aliphatic heterocycles. The van der Waals surface area contributed by atoms with Crippen molar-refractivity contribution in [3.05, 3.63) is 36.0 Å². The summed E-state index contributed by atoms with van der Waals surface area (Å²) < 4.78 is 37.7. The molecule has 1 spiro atoms. The van der Waals surface area contributed by atoms with E-state index in [9.17, 15) is 18.0 Å². The summed E-state index contributed by atoms with van der Waals surface area (Å²) in [5.74, 6) is -2.61. The second-order valence-electron chi connectivity index (χ2n) is 9.03. The highest BCUT2D eigenvalue weighted by molar-refractivity contribution is 5.98. The zero-order valence-electron chi connectivity index (χ0n) is 18.8. The average molecular weight is 470 g/mol. The van der Waals surface area contributed by atoms with Crippen molar-refractivity contribution in [3.63, 3.8) is 0 Å². The van der Waals surface area contributed by atoms with Crippen LogP contribution in [0.2, 0.25) is 0 Å². The molecule has 2 aliphatic rings. The van der Waals surface area contributed by atoms with Crippen LogP contribution in [-0.2, 0) is 9.53 Å². The Bertz CT molecular complexity index is 975. The van der Waals surface area contributed by atoms with E-state index >= 15 is 0 Å². The lowest BCUT2D eigenvalue weighted by molar-refractivity contribution is -0.192. The number of amides is 1. The number of alkyl halides is 3. The number of nitrogens with one attached hydrogen (secondary N) is 1. The standard InChI is InChI=1S/C21H29N3O2.C2HF3O2/c1-16(2)23-10-11-26-15-21(13-23)7-3-9-24(14-21)20(25)18-4-5-19-17(12-18)6-8-22-19;3-2(4,5)1(6)7/h4-6,8,12,16,22H,3,7,9-11,13-15H2,1-2H3;(H,6,7). The average Bonchev–Trinajstić information content (AvgIpc) is 3.13. The van der Waals surface area contributed by atoms with Gasteiger partial charge in [0.1, 0.15) is 0 Å². The summed E-state index contributed by atoms with van der Waals surface area (Å²) in [4.78, 5) is 29.8. The molecule has 3 heterocycles. The zero-order chi connectivity index (χ0) is 24.2. The molecule has 0 radical (unpaired) electrons. The summed E-state index contributed by atoms with van der Waals surface area (Å²) in [5, 5.41) is 8.21. The van der Waals surface area contributed by atoms with Crippen molar-refractivity contribution in [3.8, 4) is 0 Å². The van der Waals surface area contributed by atoms with E-state index < -0.39 is 12.1 Å². The monoisotopic (exact) mass is 469 g/mol. The van der Waals surface area contributed by atoms with Crippen LogP contribution in [0.4, 0.5) is 13.2 Å². The molecule has 7 nitrogen and oxygen atoms in total. The summed E-state index contributed by atoms with van der Waals surface area (Å²) >= 11 is 0. The highest BCUT2D eigenvalue weighted by Crippen LogP contribution is 2.34. The highest BCUT2D eigenvalue weighted by atomic mass is 19.4. The molecule has 0 aliphatic carbocycles. The number of nitrogens with zero attached hydrogens (tertiary/aromatic N) is 2. The highest BCUT2D eigenvalue weighted by Gasteiger charge is 2.41. The molecule has 1 aromatic carbocycles. The van der Waals surface area contributed by atoms with E-state index in [0.29, 0.717) is 6.04 Å². The molecule has 1 aromatic heterocycles. The number of carbonyl (C=O) groups is 2. The molecular weight excluding hydrogens is 439 g/mol. The molecule has 2 N–H and O–H groups in total. The minimum absolute atomic E-state index is 0.0624. The Morgan fingerprint density at radius 2 is 1.91 bits per heavy atom. The van der Waals surface area contributed by atoms with Gasteiger partial charge in [0.2, 0.25) is 0 Å². The molecule has 0 bridgehead atoms. The van der Waals surface area contributed by atoms with Crippen LogP contribution in [0.15, 0.2) is 30.5 Å². The fourth-order valence-electron chi connectivity index (χ4n) is 4.46. The van der Waals surface area contributed by atoms with Crippen LogP contribution in [0.5, 0.6) is 0 Å². The van der Waals surface area contributed by atoms with Crippen molar-refractivity contribution in [2.24, 2.45) is 5.41 Å². The number of aromatic nitrogens is 1. The first-order valence-electron chi connectivity index (χ1n) is 11.0. The van der Waals surface area contributed by atoms with E-state index in [1.54, 1.807) is 0 Å². The Hall–Kier alpha value is -2.59. The molecule has 0 saturated carbocycles. The van der Waals surface area contributed by atoms with Gasteiger partial charge >= 0.3 is 12.1 Å². The minimum atomic E-state index is -5.08. The van der Waals surface area contributed by atoms with Gasteiger partial charge < -0.3 is 19.7 Å². The third-order valence-electron chi connectivity index (χ3n) is 6.19. The van der Waals surface area contributed by atoms with Crippen LogP contribution in [0.3, 0.4) is 0 Å². The molecule has 1 unspecified atom stereocenters. The predicted octanol–water partition coefficient (Wildman–Crippen LogP) is 3.76. The van der Waals surface area contributed by atoms with Gasteiger partial charge in [-0.3, -0.25) is 9.69 Å². The van der Waals surface area contributed by atoms with Gasteiger partial charge in [0.15, 0.2) is 0 Å². The number of hydrogen-bond donors (Lipinski definition) is 2. The first-order chi connectivity index (χ1) is 15.5. The molecule has 1 atom stereocenters. The van der Waals surface area contributed by atoms with Gasteiger partial charge in [-0.05, 0) is 51.0 Å². The largest absolute Gasteiger partial charge is 0.490 e. The first-order valence-corrected chi connectivity index (χ1v) is 11.0. The Labute approximate surface area is 190 Å². The fraction of sp³-hybridized carbons (Fsp3) is 0.565. The second kappa shape index (κ2) is 10.1. The first kappa shape index (κ1) is 25.0. The van der Waals surface area contributed by atoms with Gasteiger partial charge in [-0.2, -0.15) is 13.2 Å². The normalized spacial score (nSPS) is 22.2. The van der Waals surface area contributed by atoms with Gasteiger partial charge in [-0.1, -0.05) is 0 Å². The lowest BCUT2D eigenvalue weighted by Crippen LogP contribution is -2.53. The van der Waals surface area contributed by atoms with E-state index in [2.05, 4.69) is 23.7 Å². The number of likely N-dealkylation sites (tertiary alicyclic amines) is 1. The Morgan fingerprint density at radius 1 is 1.18 bits per heavy atom. The quantitative estimate of drug-likeness (QED) is 0.700. The molecule has 2 fully saturated rings. The number of H-pyrrole nitrogens is 1. The number of aliphatic carboxylic acids is 1. The molecule has 10 heteroatoms. The maximum absolute atomic E-state index is 13.2. The minimum Gasteiger partial charge on any atom is -0.475 e. The fourth-order valence-corrected chi connectivity index (χ4v) is 4.46. The SMILES string of the molecule is CC(C)N1CCOCC2(CCCN(C(=O)c3ccc4[nH]ccc4c3)C2)C1.O=C(O)C(F)(F)F. The van der Waals surface area contributed by atoms with E-state index in [1.807, 2.05) is 35.4 Å². The number of benzene rings is 1. The third-order valence-corrected chi connectivity index (χ3v) is 6.19. The number of fused-ring (bicyclic) bond motifs is 1. The number of hydrogen-bond acceptors (Lipinski definition) is 4. The zero-order valence-corrected chi connectivity index (χ0v) is 18.8. The number of piperidine rings is 1. The molecular formula is C23H30F3N3O4. The summed E-state index contributed by atoms with van der Waals surface area (Å²) in [5.41, 5.74) is 1.91. The maximum atomic E-state index is 13.2. The lowest BCUT2D eigenvalue weighted by Gasteiger charge is -2.44. The van der Waals surface area contributed by atoms with E-state index in [0.717, 1.165) is 68.7 Å². The number of rotatable bonds is 2. The topological polar surface area (TPSA) is 85.9 Å². The van der Waals surface area contributed by atoms with E-state index in [1.165, 1.54) is 0 Å². The van der Waals surface area contributed by atoms with Crippen molar-refractivity contribution in [2.75, 3.05) is 39.4 Å². The van der Waals surface area contributed by atoms with Crippen LogP contribution < -0.4 is 0 Å². The van der Waals surface area contributed by atoms with Gasteiger partial charge in [-0.25, -0.2) is 4.79 Å². The predicted molar refractivity (Wildman–Crippen MR) is 117 cm³/mol. The van der Waals surface area contributed by atoms with E-state index in [-0.39, 0.29) is 11.3 Å². The van der Waals surface area contributed by atoms with Crippen LogP contribution in [-0.4, -0.2) is 83.4 Å². The summed E-state index contributed by atoms with van der Waals surface area (Å²) in [7, 11) is 0. The van der Waals surface area contributed by atoms with Crippen LogP contribution in [0.25, 0.3) is 10.9 Å². The summed E-state index contributed by atoms with van der Waals surface area (Å²) in [6.45, 7) is 9.68. The van der Waals surface area contributed by atoms with Crippen molar-refractivity contribution >= 4 is 22.8 Å². The lowest BCUT2D eigenvalue weighted by atomic mass is 9.79. The van der Waals surface area contributed by atoms with Crippen molar-refractivity contribution in [2.45, 2.75) is 38.9 Å². The van der Waals surface area contributed by atoms with Gasteiger partial charge in [-0.15, -0.1) is 0 Å². The summed E-state index contributed by atoms with van der Waals surface area (Å²) in [6.07, 6.45) is -0.984. The van der Waals surface area contributed by atoms with Crippen LogP contribution in [0.1, 0.15) is 37.0 Å². The van der Waals surface area contributed by atoms with Gasteiger partial charge in [0.25, 0.3) is 5.91 Å². The number of carboxylic acid groups (broad SMARTS) is 1.